The van der Waals surface area contributed by atoms with E-state index in [-0.39, 0.29) is 6.42 Å². The standard InChI is InChI=1S/C10H15N3O4/c14-6-8(16)10(17)7(15)1-2-12-9-5-11-3-4-13-9/h2-5,7-8,10,14-17H,1,6H2/t7-,8-,10-/m0/s1. The summed E-state index contributed by atoms with van der Waals surface area (Å²) in [6, 6.07) is 0. The van der Waals surface area contributed by atoms with Crippen molar-refractivity contribution in [3.05, 3.63) is 18.6 Å². The highest BCUT2D eigenvalue weighted by Crippen LogP contribution is 2.05. The summed E-state index contributed by atoms with van der Waals surface area (Å²) in [6.45, 7) is -0.612. The van der Waals surface area contributed by atoms with Gasteiger partial charge >= 0.3 is 0 Å². The van der Waals surface area contributed by atoms with Crippen LogP contribution in [0.3, 0.4) is 0 Å². The van der Waals surface area contributed by atoms with Crippen LogP contribution in [-0.4, -0.2) is 61.5 Å². The summed E-state index contributed by atoms with van der Waals surface area (Å²) in [4.78, 5) is 11.6. The fourth-order valence-corrected chi connectivity index (χ4v) is 1.12. The van der Waals surface area contributed by atoms with Gasteiger partial charge in [0.05, 0.1) is 18.9 Å². The van der Waals surface area contributed by atoms with Gasteiger partial charge in [0, 0.05) is 25.0 Å². The van der Waals surface area contributed by atoms with Gasteiger partial charge < -0.3 is 20.4 Å². The Hall–Kier alpha value is -1.41. The van der Waals surface area contributed by atoms with Gasteiger partial charge in [-0.05, 0) is 0 Å². The fourth-order valence-electron chi connectivity index (χ4n) is 1.12. The maximum atomic E-state index is 9.45. The molecule has 0 aromatic carbocycles. The first-order valence-electron chi connectivity index (χ1n) is 5.08. The van der Waals surface area contributed by atoms with E-state index in [1.807, 2.05) is 0 Å². The van der Waals surface area contributed by atoms with Crippen molar-refractivity contribution in [2.45, 2.75) is 24.7 Å². The third-order valence-electron chi connectivity index (χ3n) is 2.10. The van der Waals surface area contributed by atoms with Crippen LogP contribution in [0.4, 0.5) is 5.82 Å². The lowest BCUT2D eigenvalue weighted by Gasteiger charge is -2.19. The molecule has 1 aromatic heterocycles. The van der Waals surface area contributed by atoms with Gasteiger partial charge in [0.1, 0.15) is 12.2 Å². The molecule has 0 aliphatic rings. The number of aliphatic imine (C=N–C) groups is 1. The SMILES string of the molecule is OC[C@H](O)[C@@H](O)[C@@H](O)CC=Nc1cnccn1. The fraction of sp³-hybridized carbons (Fsp3) is 0.500. The van der Waals surface area contributed by atoms with Gasteiger partial charge in [0.25, 0.3) is 0 Å². The normalized spacial score (nSPS) is 16.9. The van der Waals surface area contributed by atoms with E-state index in [1.165, 1.54) is 24.8 Å². The number of aliphatic hydroxyl groups is 4. The lowest BCUT2D eigenvalue weighted by atomic mass is 10.1. The molecule has 1 rings (SSSR count). The molecule has 1 aromatic rings. The van der Waals surface area contributed by atoms with Gasteiger partial charge in [-0.15, -0.1) is 0 Å². The molecule has 0 saturated carbocycles. The van der Waals surface area contributed by atoms with Gasteiger partial charge in [-0.3, -0.25) is 4.98 Å². The molecule has 0 fully saturated rings. The van der Waals surface area contributed by atoms with Gasteiger partial charge in [-0.2, -0.15) is 0 Å². The van der Waals surface area contributed by atoms with Crippen molar-refractivity contribution >= 4 is 12.0 Å². The van der Waals surface area contributed by atoms with Crippen molar-refractivity contribution in [3.63, 3.8) is 0 Å². The zero-order chi connectivity index (χ0) is 12.7. The van der Waals surface area contributed by atoms with E-state index >= 15 is 0 Å². The Balaban J connectivity index is 2.43. The molecule has 0 saturated heterocycles. The lowest BCUT2D eigenvalue weighted by Crippen LogP contribution is -2.39. The molecule has 7 nitrogen and oxygen atoms in total. The minimum Gasteiger partial charge on any atom is -0.394 e. The quantitative estimate of drug-likeness (QED) is 0.457. The first-order chi connectivity index (χ1) is 8.15. The van der Waals surface area contributed by atoms with Crippen LogP contribution < -0.4 is 0 Å². The van der Waals surface area contributed by atoms with Crippen LogP contribution in [-0.2, 0) is 0 Å². The molecule has 7 heteroatoms. The molecule has 0 amide bonds. The maximum Gasteiger partial charge on any atom is 0.170 e. The van der Waals surface area contributed by atoms with Gasteiger partial charge in [0.15, 0.2) is 5.82 Å². The Morgan fingerprint density at radius 3 is 2.59 bits per heavy atom. The van der Waals surface area contributed by atoms with Crippen LogP contribution in [0.2, 0.25) is 0 Å². The smallest absolute Gasteiger partial charge is 0.170 e. The Bertz CT molecular complexity index is 347. The van der Waals surface area contributed by atoms with Crippen molar-refractivity contribution in [2.24, 2.45) is 4.99 Å². The van der Waals surface area contributed by atoms with Crippen LogP contribution in [0.15, 0.2) is 23.6 Å². The molecule has 0 spiro atoms. The molecule has 4 N–H and O–H groups in total. The molecule has 94 valence electrons. The third kappa shape index (κ3) is 4.53. The summed E-state index contributed by atoms with van der Waals surface area (Å²) in [5.74, 6) is 0.386. The van der Waals surface area contributed by atoms with E-state index in [1.54, 1.807) is 0 Å². The van der Waals surface area contributed by atoms with Gasteiger partial charge in [-0.1, -0.05) is 0 Å². The Labute approximate surface area is 98.1 Å². The van der Waals surface area contributed by atoms with E-state index in [9.17, 15) is 10.2 Å². The minimum absolute atomic E-state index is 0.0365. The Kier molecular flexibility index (Phi) is 5.64. The molecule has 17 heavy (non-hydrogen) atoms. The van der Waals surface area contributed by atoms with Crippen LogP contribution in [0.25, 0.3) is 0 Å². The molecule has 0 aliphatic heterocycles. The van der Waals surface area contributed by atoms with Crippen LogP contribution in [0.5, 0.6) is 0 Å². The molecule has 1 heterocycles. The van der Waals surface area contributed by atoms with Crippen molar-refractivity contribution in [3.8, 4) is 0 Å². The van der Waals surface area contributed by atoms with E-state index in [4.69, 9.17) is 10.2 Å². The predicted octanol–water partition coefficient (Wildman–Crippen LogP) is -1.36. The largest absolute Gasteiger partial charge is 0.394 e. The third-order valence-corrected chi connectivity index (χ3v) is 2.10. The number of rotatable bonds is 6. The van der Waals surface area contributed by atoms with E-state index < -0.39 is 24.9 Å². The number of aliphatic hydroxyl groups excluding tert-OH is 4. The van der Waals surface area contributed by atoms with Crippen LogP contribution >= 0.6 is 0 Å². The average molecular weight is 241 g/mol. The first kappa shape index (κ1) is 13.7. The van der Waals surface area contributed by atoms with E-state index in [2.05, 4.69) is 15.0 Å². The maximum absolute atomic E-state index is 9.45. The molecule has 0 radical (unpaired) electrons. The van der Waals surface area contributed by atoms with Crippen molar-refractivity contribution in [1.82, 2.24) is 9.97 Å². The first-order valence-corrected chi connectivity index (χ1v) is 5.08. The van der Waals surface area contributed by atoms with Crippen LogP contribution in [0, 0.1) is 0 Å². The minimum atomic E-state index is -1.41. The molecular formula is C10H15N3O4. The zero-order valence-electron chi connectivity index (χ0n) is 9.09. The molecule has 0 bridgehead atoms. The molecule has 0 unspecified atom stereocenters. The number of aromatic nitrogens is 2. The zero-order valence-corrected chi connectivity index (χ0v) is 9.09. The summed E-state index contributed by atoms with van der Waals surface area (Å²) >= 11 is 0. The second kappa shape index (κ2) is 7.02. The predicted molar refractivity (Wildman–Crippen MR) is 59.9 cm³/mol. The van der Waals surface area contributed by atoms with Crippen molar-refractivity contribution in [2.75, 3.05) is 6.61 Å². The summed E-state index contributed by atoms with van der Waals surface area (Å²) in [5.41, 5.74) is 0. The van der Waals surface area contributed by atoms with Crippen molar-refractivity contribution < 1.29 is 20.4 Å². The summed E-state index contributed by atoms with van der Waals surface area (Å²) in [7, 11) is 0. The van der Waals surface area contributed by atoms with Crippen LogP contribution in [0.1, 0.15) is 6.42 Å². The Morgan fingerprint density at radius 2 is 2.00 bits per heavy atom. The average Bonchev–Trinajstić information content (AvgIpc) is 2.38. The molecular weight excluding hydrogens is 226 g/mol. The lowest BCUT2D eigenvalue weighted by molar-refractivity contribution is -0.0731. The summed E-state index contributed by atoms with van der Waals surface area (Å²) in [5, 5.41) is 36.5. The summed E-state index contributed by atoms with van der Waals surface area (Å²) in [6.07, 6.45) is 1.86. The number of nitrogens with zero attached hydrogens (tertiary/aromatic N) is 3. The summed E-state index contributed by atoms with van der Waals surface area (Å²) < 4.78 is 0. The monoisotopic (exact) mass is 241 g/mol. The topological polar surface area (TPSA) is 119 Å². The highest BCUT2D eigenvalue weighted by atomic mass is 16.4. The highest BCUT2D eigenvalue weighted by molar-refractivity contribution is 5.62. The second-order valence-electron chi connectivity index (χ2n) is 3.42. The molecule has 0 aliphatic carbocycles. The number of hydrogen-bond acceptors (Lipinski definition) is 7. The highest BCUT2D eigenvalue weighted by Gasteiger charge is 2.22. The van der Waals surface area contributed by atoms with Gasteiger partial charge in [-0.25, -0.2) is 9.98 Å². The van der Waals surface area contributed by atoms with Crippen molar-refractivity contribution in [1.29, 1.82) is 0 Å². The van der Waals surface area contributed by atoms with Gasteiger partial charge in [0.2, 0.25) is 0 Å². The molecule has 3 atom stereocenters. The second-order valence-corrected chi connectivity index (χ2v) is 3.42. The van der Waals surface area contributed by atoms with E-state index in [0.717, 1.165) is 0 Å². The number of hydrogen-bond donors (Lipinski definition) is 4. The van der Waals surface area contributed by atoms with E-state index in [0.29, 0.717) is 5.82 Å². The Morgan fingerprint density at radius 1 is 1.24 bits per heavy atom.